The molecule has 0 aliphatic rings. The van der Waals surface area contributed by atoms with Gasteiger partial charge in [0.25, 0.3) is 6.43 Å². The van der Waals surface area contributed by atoms with Crippen LogP contribution in [0.3, 0.4) is 0 Å². The Morgan fingerprint density at radius 1 is 1.24 bits per heavy atom. The first kappa shape index (κ1) is 18.0. The Morgan fingerprint density at radius 2 is 1.90 bits per heavy atom. The van der Waals surface area contributed by atoms with Crippen molar-refractivity contribution in [3.63, 3.8) is 0 Å². The Kier molecular flexibility index (Phi) is 7.19. The van der Waals surface area contributed by atoms with E-state index in [1.54, 1.807) is 24.3 Å². The van der Waals surface area contributed by atoms with Gasteiger partial charge >= 0.3 is 0 Å². The van der Waals surface area contributed by atoms with Crippen molar-refractivity contribution in [1.82, 2.24) is 4.57 Å². The molecule has 6 heteroatoms. The summed E-state index contributed by atoms with van der Waals surface area (Å²) in [7, 11) is 0. The fourth-order valence-electron chi connectivity index (χ4n) is 1.90. The molecule has 1 aromatic carbocycles. The Bertz CT molecular complexity index is 626. The number of ether oxygens (including phenoxy) is 1. The second-order valence-electron chi connectivity index (χ2n) is 4.12. The van der Waals surface area contributed by atoms with Gasteiger partial charge in [0.05, 0.1) is 13.2 Å². The molecule has 0 amide bonds. The third kappa shape index (κ3) is 4.72. The molecule has 0 spiro atoms. The first-order valence-electron chi connectivity index (χ1n) is 6.24. The number of benzene rings is 1. The zero-order chi connectivity index (χ0) is 14.5. The van der Waals surface area contributed by atoms with E-state index >= 15 is 0 Å². The minimum Gasteiger partial charge on any atom is -0.494 e. The van der Waals surface area contributed by atoms with Crippen LogP contribution in [0.5, 0.6) is 5.75 Å². The van der Waals surface area contributed by atoms with Gasteiger partial charge in [-0.2, -0.15) is 12.1 Å². The maximum atomic E-state index is 12.6. The molecule has 0 aliphatic carbocycles. The molecule has 2 rings (SSSR count). The summed E-state index contributed by atoms with van der Waals surface area (Å²) in [5.74, 6) is 0.690. The van der Waals surface area contributed by atoms with E-state index in [1.165, 1.54) is 12.1 Å². The van der Waals surface area contributed by atoms with Crippen molar-refractivity contribution in [3.8, 4) is 17.0 Å². The summed E-state index contributed by atoms with van der Waals surface area (Å²) in [6, 6.07) is 12.4. The van der Waals surface area contributed by atoms with E-state index in [0.29, 0.717) is 23.6 Å². The predicted molar refractivity (Wildman–Crippen MR) is 72.1 cm³/mol. The first-order valence-corrected chi connectivity index (χ1v) is 6.24. The van der Waals surface area contributed by atoms with Crippen molar-refractivity contribution < 1.29 is 46.2 Å². The average molecular weight is 367 g/mol. The summed E-state index contributed by atoms with van der Waals surface area (Å²) in [6.07, 6.45) is -2.59. The second-order valence-corrected chi connectivity index (χ2v) is 4.12. The standard InChI is InChI=1S/C15H14F2NO2.Y/c1-2-20-12-8-6-11(7-9-12)13-4-3-5-15(19)18(13)10-14(16)17;/h3,5-9,14H,2,10H2,1H3;/q-1;. The topological polar surface area (TPSA) is 31.2 Å². The van der Waals surface area contributed by atoms with Crippen molar-refractivity contribution >= 4 is 0 Å². The summed E-state index contributed by atoms with van der Waals surface area (Å²) in [5.41, 5.74) is 0.528. The molecule has 0 saturated carbocycles. The van der Waals surface area contributed by atoms with E-state index in [2.05, 4.69) is 6.07 Å². The van der Waals surface area contributed by atoms with Crippen molar-refractivity contribution in [3.05, 3.63) is 52.8 Å². The molecule has 2 aromatic rings. The van der Waals surface area contributed by atoms with E-state index in [0.717, 1.165) is 4.57 Å². The maximum absolute atomic E-state index is 12.6. The molecule has 0 N–H and O–H groups in total. The molecule has 109 valence electrons. The van der Waals surface area contributed by atoms with E-state index < -0.39 is 18.5 Å². The first-order chi connectivity index (χ1) is 9.61. The van der Waals surface area contributed by atoms with Gasteiger partial charge in [0, 0.05) is 32.7 Å². The summed E-state index contributed by atoms with van der Waals surface area (Å²) in [5, 5.41) is 0. The van der Waals surface area contributed by atoms with Crippen molar-refractivity contribution in [2.75, 3.05) is 6.61 Å². The third-order valence-corrected chi connectivity index (χ3v) is 2.74. The van der Waals surface area contributed by atoms with Crippen LogP contribution in [0.4, 0.5) is 8.78 Å². The Hall–Kier alpha value is -1.07. The van der Waals surface area contributed by atoms with Crippen molar-refractivity contribution in [2.24, 2.45) is 0 Å². The van der Waals surface area contributed by atoms with E-state index in [4.69, 9.17) is 4.74 Å². The number of hydrogen-bond acceptors (Lipinski definition) is 2. The van der Waals surface area contributed by atoms with E-state index in [1.807, 2.05) is 6.92 Å². The minimum atomic E-state index is -2.59. The normalized spacial score (nSPS) is 10.3. The molecular formula is C15H14F2NO2Y-. The van der Waals surface area contributed by atoms with Crippen LogP contribution in [-0.4, -0.2) is 17.6 Å². The largest absolute Gasteiger partial charge is 0.494 e. The van der Waals surface area contributed by atoms with E-state index in [-0.39, 0.29) is 32.7 Å². The van der Waals surface area contributed by atoms with Crippen LogP contribution in [-0.2, 0) is 39.3 Å². The van der Waals surface area contributed by atoms with E-state index in [9.17, 15) is 13.6 Å². The van der Waals surface area contributed by atoms with Gasteiger partial charge in [-0.25, -0.2) is 8.78 Å². The molecule has 21 heavy (non-hydrogen) atoms. The number of halogens is 2. The summed E-state index contributed by atoms with van der Waals surface area (Å²) < 4.78 is 31.5. The van der Waals surface area contributed by atoms with Crippen LogP contribution in [0.2, 0.25) is 0 Å². The molecule has 1 aromatic heterocycles. The summed E-state index contributed by atoms with van der Waals surface area (Å²) >= 11 is 0. The van der Waals surface area contributed by atoms with Gasteiger partial charge < -0.3 is 9.30 Å². The average Bonchev–Trinajstić information content (AvgIpc) is 2.42. The summed E-state index contributed by atoms with van der Waals surface area (Å²) in [6.45, 7) is 1.78. The number of nitrogens with zero attached hydrogens (tertiary/aromatic N) is 1. The monoisotopic (exact) mass is 367 g/mol. The number of aromatic nitrogens is 1. The molecule has 1 radical (unpaired) electrons. The third-order valence-electron chi connectivity index (χ3n) is 2.74. The minimum absolute atomic E-state index is 0. The Morgan fingerprint density at radius 3 is 2.48 bits per heavy atom. The molecular weight excluding hydrogens is 353 g/mol. The van der Waals surface area contributed by atoms with Gasteiger partial charge in [-0.1, -0.05) is 17.3 Å². The van der Waals surface area contributed by atoms with Gasteiger partial charge in [0.1, 0.15) is 5.75 Å². The van der Waals surface area contributed by atoms with Crippen LogP contribution >= 0.6 is 0 Å². The number of hydrogen-bond donors (Lipinski definition) is 0. The fraction of sp³-hybridized carbons (Fsp3) is 0.267. The van der Waals surface area contributed by atoms with Crippen LogP contribution in [0, 0.1) is 6.07 Å². The van der Waals surface area contributed by atoms with Crippen LogP contribution in [0.15, 0.2) is 41.2 Å². The Balaban J connectivity index is 0.00000220. The van der Waals surface area contributed by atoms with Gasteiger partial charge in [-0.05, 0) is 19.1 Å². The zero-order valence-electron chi connectivity index (χ0n) is 11.6. The maximum Gasteiger partial charge on any atom is 0.256 e. The molecule has 0 aliphatic heterocycles. The molecule has 0 saturated heterocycles. The fourth-order valence-corrected chi connectivity index (χ4v) is 1.90. The van der Waals surface area contributed by atoms with Gasteiger partial charge in [-0.3, -0.25) is 4.79 Å². The molecule has 0 unspecified atom stereocenters. The summed E-state index contributed by atoms with van der Waals surface area (Å²) in [4.78, 5) is 11.7. The smallest absolute Gasteiger partial charge is 0.256 e. The number of pyridine rings is 1. The van der Waals surface area contributed by atoms with Crippen molar-refractivity contribution in [1.29, 1.82) is 0 Å². The molecule has 0 fully saturated rings. The van der Waals surface area contributed by atoms with Gasteiger partial charge in [0.15, 0.2) is 5.56 Å². The second kappa shape index (κ2) is 8.39. The van der Waals surface area contributed by atoms with Gasteiger partial charge in [-0.15, -0.1) is 12.1 Å². The molecule has 0 bridgehead atoms. The number of rotatable bonds is 5. The SMILES string of the molecule is CCOc1ccc(-c2[c-]ccc(=O)n2CC(F)F)cc1.[Y]. The quantitative estimate of drug-likeness (QED) is 0.761. The zero-order valence-corrected chi connectivity index (χ0v) is 14.4. The molecule has 0 atom stereocenters. The number of alkyl halides is 2. The van der Waals surface area contributed by atoms with Crippen LogP contribution in [0.25, 0.3) is 11.3 Å². The van der Waals surface area contributed by atoms with Crippen LogP contribution < -0.4 is 10.3 Å². The van der Waals surface area contributed by atoms with Gasteiger partial charge in [0.2, 0.25) is 0 Å². The van der Waals surface area contributed by atoms with Crippen molar-refractivity contribution in [2.45, 2.75) is 19.9 Å². The van der Waals surface area contributed by atoms with Crippen LogP contribution in [0.1, 0.15) is 6.92 Å². The Labute approximate surface area is 146 Å². The molecule has 1 heterocycles. The predicted octanol–water partition coefficient (Wildman–Crippen LogP) is 2.98. The molecule has 3 nitrogen and oxygen atoms in total.